The summed E-state index contributed by atoms with van der Waals surface area (Å²) in [6.45, 7) is 2.70. The van der Waals surface area contributed by atoms with Gasteiger partial charge in [0, 0.05) is 28.5 Å². The Morgan fingerprint density at radius 2 is 1.65 bits per heavy atom. The minimum atomic E-state index is -1.36. The lowest BCUT2D eigenvalue weighted by molar-refractivity contribution is -0.122. The lowest BCUT2D eigenvalue weighted by Crippen LogP contribution is -2.63. The third kappa shape index (κ3) is 2.84. The van der Waals surface area contributed by atoms with Crippen molar-refractivity contribution in [2.75, 3.05) is 21.7 Å². The molecule has 2 aliphatic heterocycles. The van der Waals surface area contributed by atoms with E-state index in [0.717, 1.165) is 24.1 Å². The lowest BCUT2D eigenvalue weighted by Gasteiger charge is -2.45. The fourth-order valence-electron chi connectivity index (χ4n) is 4.51. The number of anilines is 3. The first-order valence-electron chi connectivity index (χ1n) is 10.5. The molecule has 0 saturated carbocycles. The molecule has 1 atom stereocenters. The SMILES string of the molecule is CCCCN1C(=O)[C@]2(Nc3ccccc3C(=O)N2c2ccc(Cl)cc2)c2ccccc21. The highest BCUT2D eigenvalue weighted by Gasteiger charge is 2.59. The predicted molar refractivity (Wildman–Crippen MR) is 124 cm³/mol. The molecule has 156 valence electrons. The molecule has 3 aromatic carbocycles. The molecule has 0 unspecified atom stereocenters. The molecule has 0 bridgehead atoms. The number of para-hydroxylation sites is 2. The maximum absolute atomic E-state index is 14.1. The minimum Gasteiger partial charge on any atom is -0.350 e. The second kappa shape index (κ2) is 7.43. The van der Waals surface area contributed by atoms with E-state index in [-0.39, 0.29) is 11.8 Å². The predicted octanol–water partition coefficient (Wildman–Crippen LogP) is 5.41. The number of unbranched alkanes of at least 4 members (excludes halogenated alkanes) is 1. The van der Waals surface area contributed by atoms with Crippen LogP contribution in [0.3, 0.4) is 0 Å². The van der Waals surface area contributed by atoms with Crippen molar-refractivity contribution in [3.05, 3.63) is 88.9 Å². The van der Waals surface area contributed by atoms with E-state index in [0.29, 0.717) is 28.5 Å². The maximum atomic E-state index is 14.1. The third-order valence-electron chi connectivity index (χ3n) is 5.97. The van der Waals surface area contributed by atoms with Crippen molar-refractivity contribution in [1.82, 2.24) is 0 Å². The molecule has 3 aromatic rings. The van der Waals surface area contributed by atoms with Gasteiger partial charge in [-0.25, -0.2) is 0 Å². The highest BCUT2D eigenvalue weighted by atomic mass is 35.5. The van der Waals surface area contributed by atoms with Gasteiger partial charge in [0.05, 0.1) is 11.3 Å². The molecule has 0 aliphatic carbocycles. The molecular formula is C25H22ClN3O2. The molecule has 31 heavy (non-hydrogen) atoms. The third-order valence-corrected chi connectivity index (χ3v) is 6.22. The first-order valence-corrected chi connectivity index (χ1v) is 10.8. The fraction of sp³-hybridized carbons (Fsp3) is 0.200. The summed E-state index contributed by atoms with van der Waals surface area (Å²) in [5, 5.41) is 4.03. The first kappa shape index (κ1) is 19.6. The average molecular weight is 432 g/mol. The number of carbonyl (C=O) groups excluding carboxylic acids is 2. The van der Waals surface area contributed by atoms with Crippen LogP contribution in [0.2, 0.25) is 5.02 Å². The highest BCUT2D eigenvalue weighted by molar-refractivity contribution is 6.30. The second-order valence-electron chi connectivity index (χ2n) is 7.83. The second-order valence-corrected chi connectivity index (χ2v) is 8.26. The van der Waals surface area contributed by atoms with Gasteiger partial charge in [-0.05, 0) is 48.9 Å². The molecule has 2 aliphatic rings. The number of halogens is 1. The Balaban J connectivity index is 1.77. The zero-order valence-electron chi connectivity index (χ0n) is 17.1. The van der Waals surface area contributed by atoms with Crippen molar-refractivity contribution in [2.24, 2.45) is 0 Å². The van der Waals surface area contributed by atoms with Gasteiger partial charge in [-0.15, -0.1) is 0 Å². The molecule has 6 heteroatoms. The summed E-state index contributed by atoms with van der Waals surface area (Å²) < 4.78 is 0. The number of nitrogens with one attached hydrogen (secondary N) is 1. The minimum absolute atomic E-state index is 0.153. The molecule has 2 heterocycles. The summed E-state index contributed by atoms with van der Waals surface area (Å²) in [7, 11) is 0. The fourth-order valence-corrected chi connectivity index (χ4v) is 4.64. The number of hydrogen-bond acceptors (Lipinski definition) is 3. The van der Waals surface area contributed by atoms with Crippen LogP contribution in [0.25, 0.3) is 0 Å². The zero-order valence-corrected chi connectivity index (χ0v) is 17.9. The largest absolute Gasteiger partial charge is 0.350 e. The van der Waals surface area contributed by atoms with Gasteiger partial charge >= 0.3 is 0 Å². The molecular weight excluding hydrogens is 410 g/mol. The van der Waals surface area contributed by atoms with Crippen LogP contribution in [0.15, 0.2) is 72.8 Å². The molecule has 0 saturated heterocycles. The van der Waals surface area contributed by atoms with Gasteiger partial charge < -0.3 is 10.2 Å². The molecule has 2 amide bonds. The highest BCUT2D eigenvalue weighted by Crippen LogP contribution is 2.49. The summed E-state index contributed by atoms with van der Waals surface area (Å²) in [5.74, 6) is -0.378. The van der Waals surface area contributed by atoms with E-state index in [4.69, 9.17) is 11.6 Å². The quantitative estimate of drug-likeness (QED) is 0.600. The topological polar surface area (TPSA) is 52.7 Å². The van der Waals surface area contributed by atoms with Crippen molar-refractivity contribution in [2.45, 2.75) is 25.4 Å². The van der Waals surface area contributed by atoms with E-state index < -0.39 is 5.66 Å². The van der Waals surface area contributed by atoms with Crippen molar-refractivity contribution in [3.8, 4) is 0 Å². The summed E-state index contributed by atoms with van der Waals surface area (Å²) in [5.41, 5.74) is 2.04. The average Bonchev–Trinajstić information content (AvgIpc) is 3.02. The van der Waals surface area contributed by atoms with Gasteiger partial charge in [-0.1, -0.05) is 55.3 Å². The Hall–Kier alpha value is -3.31. The summed E-state index contributed by atoms with van der Waals surface area (Å²) in [4.78, 5) is 31.3. The Labute approximate surface area is 186 Å². The Bertz CT molecular complexity index is 1180. The van der Waals surface area contributed by atoms with Gasteiger partial charge in [-0.2, -0.15) is 0 Å². The van der Waals surface area contributed by atoms with Crippen LogP contribution in [0, 0.1) is 0 Å². The smallest absolute Gasteiger partial charge is 0.279 e. The zero-order chi connectivity index (χ0) is 21.6. The maximum Gasteiger partial charge on any atom is 0.279 e. The first-order chi connectivity index (χ1) is 15.1. The number of benzene rings is 3. The van der Waals surface area contributed by atoms with Crippen LogP contribution in [0.4, 0.5) is 17.1 Å². The van der Waals surface area contributed by atoms with E-state index >= 15 is 0 Å². The number of hydrogen-bond donors (Lipinski definition) is 1. The van der Waals surface area contributed by atoms with Gasteiger partial charge in [0.1, 0.15) is 0 Å². The molecule has 0 fully saturated rings. The van der Waals surface area contributed by atoms with E-state index in [9.17, 15) is 9.59 Å². The summed E-state index contributed by atoms with van der Waals surface area (Å²) in [6, 6.07) is 22.1. The van der Waals surface area contributed by atoms with Crippen LogP contribution in [0.1, 0.15) is 35.7 Å². The summed E-state index contributed by atoms with van der Waals surface area (Å²) >= 11 is 6.12. The van der Waals surface area contributed by atoms with Crippen LogP contribution in [0.5, 0.6) is 0 Å². The Morgan fingerprint density at radius 3 is 2.42 bits per heavy atom. The van der Waals surface area contributed by atoms with E-state index in [1.165, 1.54) is 0 Å². The number of carbonyl (C=O) groups is 2. The van der Waals surface area contributed by atoms with Gasteiger partial charge in [0.2, 0.25) is 5.66 Å². The number of amides is 2. The van der Waals surface area contributed by atoms with Gasteiger partial charge in [0.15, 0.2) is 0 Å². The van der Waals surface area contributed by atoms with Gasteiger partial charge in [-0.3, -0.25) is 14.5 Å². The number of rotatable bonds is 4. The van der Waals surface area contributed by atoms with E-state index in [1.54, 1.807) is 40.1 Å². The molecule has 0 radical (unpaired) electrons. The van der Waals surface area contributed by atoms with Crippen molar-refractivity contribution in [3.63, 3.8) is 0 Å². The van der Waals surface area contributed by atoms with E-state index in [2.05, 4.69) is 12.2 Å². The monoisotopic (exact) mass is 431 g/mol. The van der Waals surface area contributed by atoms with Crippen LogP contribution in [-0.4, -0.2) is 18.4 Å². The Morgan fingerprint density at radius 1 is 0.935 bits per heavy atom. The number of nitrogens with zero attached hydrogens (tertiary/aromatic N) is 2. The van der Waals surface area contributed by atoms with Crippen LogP contribution >= 0.6 is 11.6 Å². The molecule has 5 rings (SSSR count). The van der Waals surface area contributed by atoms with Crippen molar-refractivity contribution in [1.29, 1.82) is 0 Å². The van der Waals surface area contributed by atoms with Crippen molar-refractivity contribution < 1.29 is 9.59 Å². The molecule has 1 spiro atoms. The van der Waals surface area contributed by atoms with E-state index in [1.807, 2.05) is 42.5 Å². The van der Waals surface area contributed by atoms with Crippen LogP contribution in [-0.2, 0) is 10.5 Å². The molecule has 0 aromatic heterocycles. The van der Waals surface area contributed by atoms with Crippen molar-refractivity contribution >= 4 is 40.5 Å². The lowest BCUT2D eigenvalue weighted by atomic mass is 9.92. The molecule has 5 nitrogen and oxygen atoms in total. The van der Waals surface area contributed by atoms with Gasteiger partial charge in [0.25, 0.3) is 11.8 Å². The number of fused-ring (bicyclic) bond motifs is 3. The normalized spacial score (nSPS) is 19.4. The molecule has 1 N–H and O–H groups in total. The van der Waals surface area contributed by atoms with Crippen LogP contribution < -0.4 is 15.1 Å². The Kier molecular flexibility index (Phi) is 4.71. The summed E-state index contributed by atoms with van der Waals surface area (Å²) in [6.07, 6.45) is 1.84. The standard InChI is InChI=1S/C25H22ClN3O2/c1-2-3-16-28-22-11-7-5-9-20(22)25(24(28)31)27-21-10-6-4-8-19(21)23(30)29(25)18-14-12-17(26)13-15-18/h4-15,27H,2-3,16H2,1H3/t25-/m0/s1.